The maximum absolute atomic E-state index is 10.3. The van der Waals surface area contributed by atoms with Crippen LogP contribution in [0.5, 0.6) is 0 Å². The van der Waals surface area contributed by atoms with Crippen LogP contribution in [0.2, 0.25) is 0 Å². The average molecular weight is 573 g/mol. The summed E-state index contributed by atoms with van der Waals surface area (Å²) < 4.78 is 0. The van der Waals surface area contributed by atoms with Gasteiger partial charge in [0, 0.05) is 55.8 Å². The molecule has 0 radical (unpaired) electrons. The van der Waals surface area contributed by atoms with Gasteiger partial charge in [-0.15, -0.1) is 0 Å². The van der Waals surface area contributed by atoms with Crippen LogP contribution in [0.4, 0.5) is 35.2 Å². The standard InChI is InChI=1S/C18H23N5.C13H21N5O/c1-12-15(13-5-3-2-4-6-13)9-10-23(12)17-11-16(20-14-7-8-14)21-18(19)22-17;1-2-13(19)5-6-18(8-13)11-7-10(15-9-3-4-9)16-12(14)17-11/h2-6,11-12,14-15H,7-10H2,1H3,(H3,19,20,21,22);7,9,19H,2-6,8H2,1H3,(H3,14,15,16,17). The van der Waals surface area contributed by atoms with Crippen molar-refractivity contribution in [3.8, 4) is 0 Å². The second-order valence-electron chi connectivity index (χ2n) is 12.3. The summed E-state index contributed by atoms with van der Waals surface area (Å²) in [6.07, 6.45) is 7.50. The van der Waals surface area contributed by atoms with Gasteiger partial charge >= 0.3 is 0 Å². The molecular formula is C31H44N10O. The normalized spacial score (nSPS) is 25.2. The number of hydrogen-bond acceptors (Lipinski definition) is 11. The molecule has 2 saturated carbocycles. The maximum atomic E-state index is 10.3. The molecule has 2 saturated heterocycles. The van der Waals surface area contributed by atoms with Crippen LogP contribution >= 0.6 is 0 Å². The van der Waals surface area contributed by atoms with Crippen molar-refractivity contribution in [1.29, 1.82) is 0 Å². The van der Waals surface area contributed by atoms with E-state index in [0.717, 1.165) is 55.6 Å². The quantitative estimate of drug-likeness (QED) is 0.266. The molecule has 0 spiro atoms. The Morgan fingerprint density at radius 3 is 2.02 bits per heavy atom. The van der Waals surface area contributed by atoms with Gasteiger partial charge in [-0.3, -0.25) is 0 Å². The van der Waals surface area contributed by atoms with E-state index in [4.69, 9.17) is 11.5 Å². The molecule has 2 aromatic heterocycles. The Kier molecular flexibility index (Phi) is 7.94. The van der Waals surface area contributed by atoms with Crippen LogP contribution in [-0.2, 0) is 0 Å². The molecule has 42 heavy (non-hydrogen) atoms. The zero-order valence-electron chi connectivity index (χ0n) is 24.7. The van der Waals surface area contributed by atoms with Crippen molar-refractivity contribution in [2.24, 2.45) is 0 Å². The number of nitrogens with zero attached hydrogens (tertiary/aromatic N) is 6. The lowest BCUT2D eigenvalue weighted by atomic mass is 9.93. The number of hydrogen-bond donors (Lipinski definition) is 5. The third-order valence-corrected chi connectivity index (χ3v) is 8.91. The van der Waals surface area contributed by atoms with Gasteiger partial charge in [-0.25, -0.2) is 0 Å². The minimum absolute atomic E-state index is 0.285. The Morgan fingerprint density at radius 2 is 1.45 bits per heavy atom. The topological polar surface area (TPSA) is 154 Å². The first-order valence-corrected chi connectivity index (χ1v) is 15.4. The van der Waals surface area contributed by atoms with Gasteiger partial charge in [0.1, 0.15) is 23.3 Å². The smallest absolute Gasteiger partial charge is 0.223 e. The van der Waals surface area contributed by atoms with Crippen LogP contribution in [0.15, 0.2) is 42.5 Å². The summed E-state index contributed by atoms with van der Waals surface area (Å²) >= 11 is 0. The molecule has 11 nitrogen and oxygen atoms in total. The molecule has 3 aromatic rings. The van der Waals surface area contributed by atoms with Crippen LogP contribution in [0.25, 0.3) is 0 Å². The van der Waals surface area contributed by atoms with Gasteiger partial charge in [0.25, 0.3) is 0 Å². The molecule has 0 amide bonds. The van der Waals surface area contributed by atoms with Crippen molar-refractivity contribution in [2.75, 3.05) is 51.5 Å². The second kappa shape index (κ2) is 11.8. The number of aliphatic hydroxyl groups is 1. The summed E-state index contributed by atoms with van der Waals surface area (Å²) in [5.74, 6) is 4.55. The highest BCUT2D eigenvalue weighted by atomic mass is 16.3. The molecule has 4 heterocycles. The minimum Gasteiger partial charge on any atom is -0.388 e. The Morgan fingerprint density at radius 1 is 0.857 bits per heavy atom. The highest BCUT2D eigenvalue weighted by Gasteiger charge is 2.36. The fraction of sp³-hybridized carbons (Fsp3) is 0.548. The number of β-amino-alcohol motifs (C(OH)–C–C–N with tert-alkyl or cyclic N) is 1. The SMILES string of the molecule is CC1C(c2ccccc2)CCN1c1cc(NC2CC2)nc(N)n1.CCC1(O)CCN(c2cc(NC3CC3)nc(N)n2)C1. The van der Waals surface area contributed by atoms with Gasteiger partial charge in [-0.1, -0.05) is 37.3 Å². The number of nitrogen functional groups attached to an aromatic ring is 2. The monoisotopic (exact) mass is 572 g/mol. The first-order chi connectivity index (χ1) is 20.3. The van der Waals surface area contributed by atoms with Crippen LogP contribution in [0.1, 0.15) is 70.3 Å². The van der Waals surface area contributed by atoms with Gasteiger partial charge in [0.15, 0.2) is 0 Å². The second-order valence-corrected chi connectivity index (χ2v) is 12.3. The predicted octanol–water partition coefficient (Wildman–Crippen LogP) is 4.00. The predicted molar refractivity (Wildman–Crippen MR) is 169 cm³/mol. The van der Waals surface area contributed by atoms with Crippen LogP contribution in [0.3, 0.4) is 0 Å². The molecule has 4 fully saturated rings. The fourth-order valence-corrected chi connectivity index (χ4v) is 5.99. The summed E-state index contributed by atoms with van der Waals surface area (Å²) in [7, 11) is 0. The molecule has 0 bridgehead atoms. The van der Waals surface area contributed by atoms with Gasteiger partial charge in [-0.05, 0) is 57.4 Å². The van der Waals surface area contributed by atoms with Crippen LogP contribution in [-0.4, -0.2) is 68.4 Å². The fourth-order valence-electron chi connectivity index (χ4n) is 5.99. The van der Waals surface area contributed by atoms with E-state index in [0.29, 0.717) is 36.5 Å². The van der Waals surface area contributed by atoms with E-state index in [2.05, 4.69) is 77.6 Å². The summed E-state index contributed by atoms with van der Waals surface area (Å²) in [6, 6.07) is 16.2. The lowest BCUT2D eigenvalue weighted by molar-refractivity contribution is 0.0593. The van der Waals surface area contributed by atoms with E-state index >= 15 is 0 Å². The van der Waals surface area contributed by atoms with Crippen LogP contribution < -0.4 is 31.9 Å². The summed E-state index contributed by atoms with van der Waals surface area (Å²) in [5.41, 5.74) is 12.5. The molecule has 224 valence electrons. The summed E-state index contributed by atoms with van der Waals surface area (Å²) in [4.78, 5) is 21.7. The molecular weight excluding hydrogens is 528 g/mol. The van der Waals surface area contributed by atoms with Crippen molar-refractivity contribution >= 4 is 35.2 Å². The summed E-state index contributed by atoms with van der Waals surface area (Å²) in [6.45, 7) is 6.71. The minimum atomic E-state index is -0.593. The van der Waals surface area contributed by atoms with Gasteiger partial charge < -0.3 is 37.0 Å². The number of anilines is 6. The van der Waals surface area contributed by atoms with Crippen molar-refractivity contribution in [1.82, 2.24) is 19.9 Å². The van der Waals surface area contributed by atoms with Crippen LogP contribution in [0, 0.1) is 0 Å². The third kappa shape index (κ3) is 6.78. The number of rotatable bonds is 8. The first-order valence-electron chi connectivity index (χ1n) is 15.4. The number of nitrogens with one attached hydrogen (secondary N) is 2. The molecule has 11 heteroatoms. The Hall–Kier alpha value is -3.86. The Labute approximate surface area is 248 Å². The van der Waals surface area contributed by atoms with Gasteiger partial charge in [0.2, 0.25) is 11.9 Å². The van der Waals surface area contributed by atoms with E-state index in [1.807, 2.05) is 19.1 Å². The number of aromatic nitrogens is 4. The van der Waals surface area contributed by atoms with Gasteiger partial charge in [0.05, 0.1) is 5.60 Å². The van der Waals surface area contributed by atoms with E-state index in [-0.39, 0.29) is 5.95 Å². The molecule has 7 rings (SSSR count). The third-order valence-electron chi connectivity index (χ3n) is 8.91. The van der Waals surface area contributed by atoms with E-state index < -0.39 is 5.60 Å². The lowest BCUT2D eigenvalue weighted by Gasteiger charge is -2.26. The molecule has 3 unspecified atom stereocenters. The number of benzene rings is 1. The molecule has 3 atom stereocenters. The van der Waals surface area contributed by atoms with Crippen molar-refractivity contribution < 1.29 is 5.11 Å². The first kappa shape index (κ1) is 28.3. The largest absolute Gasteiger partial charge is 0.388 e. The number of nitrogens with two attached hydrogens (primary N) is 2. The highest BCUT2D eigenvalue weighted by molar-refractivity contribution is 5.56. The zero-order valence-corrected chi connectivity index (χ0v) is 24.7. The molecule has 2 aliphatic carbocycles. The molecule has 2 aliphatic heterocycles. The zero-order chi connectivity index (χ0) is 29.3. The van der Waals surface area contributed by atoms with Crippen molar-refractivity contribution in [3.05, 3.63) is 48.0 Å². The molecule has 4 aliphatic rings. The van der Waals surface area contributed by atoms with E-state index in [1.54, 1.807) is 0 Å². The lowest BCUT2D eigenvalue weighted by Crippen LogP contribution is -2.32. The highest BCUT2D eigenvalue weighted by Crippen LogP contribution is 2.37. The summed E-state index contributed by atoms with van der Waals surface area (Å²) in [5, 5.41) is 17.0. The van der Waals surface area contributed by atoms with E-state index in [1.165, 1.54) is 31.2 Å². The Balaban J connectivity index is 0.000000153. The van der Waals surface area contributed by atoms with Gasteiger partial charge in [-0.2, -0.15) is 19.9 Å². The van der Waals surface area contributed by atoms with Crippen molar-refractivity contribution in [2.45, 2.75) is 88.4 Å². The Bertz CT molecular complexity index is 1370. The average Bonchev–Trinajstić information content (AvgIpc) is 3.90. The molecule has 1 aromatic carbocycles. The van der Waals surface area contributed by atoms with E-state index in [9.17, 15) is 5.11 Å². The van der Waals surface area contributed by atoms with Crippen molar-refractivity contribution in [3.63, 3.8) is 0 Å². The maximum Gasteiger partial charge on any atom is 0.223 e. The molecule has 7 N–H and O–H groups in total.